The van der Waals surface area contributed by atoms with Crippen molar-refractivity contribution in [2.24, 2.45) is 0 Å². The number of nitrogens with one attached hydrogen (secondary N) is 1. The average molecular weight is 410 g/mol. The predicted molar refractivity (Wildman–Crippen MR) is 112 cm³/mol. The fourth-order valence-electron chi connectivity index (χ4n) is 2.71. The van der Waals surface area contributed by atoms with E-state index in [0.717, 1.165) is 11.3 Å². The molecule has 1 amide bonds. The summed E-state index contributed by atoms with van der Waals surface area (Å²) in [4.78, 5) is 29.2. The highest BCUT2D eigenvalue weighted by atomic mass is 32.1. The van der Waals surface area contributed by atoms with E-state index in [1.54, 1.807) is 29.6 Å². The number of rotatable bonds is 7. The second-order valence-corrected chi connectivity index (χ2v) is 7.43. The van der Waals surface area contributed by atoms with Crippen molar-refractivity contribution in [3.8, 4) is 16.3 Å². The molecule has 0 fully saturated rings. The van der Waals surface area contributed by atoms with Gasteiger partial charge >= 0.3 is 5.97 Å². The molecule has 2 aromatic carbocycles. The SMILES string of the molecule is COC(=O)C(NC(=O)c1csc(-c2ccc(OC(C)C)cc2)n1)c1ccccc1. The number of amides is 1. The minimum atomic E-state index is -0.897. The summed E-state index contributed by atoms with van der Waals surface area (Å²) in [6.07, 6.45) is 0.100. The molecule has 6 nitrogen and oxygen atoms in total. The van der Waals surface area contributed by atoms with Crippen molar-refractivity contribution in [2.45, 2.75) is 26.0 Å². The lowest BCUT2D eigenvalue weighted by Gasteiger charge is -2.16. The zero-order valence-electron chi connectivity index (χ0n) is 16.4. The molecule has 0 aliphatic heterocycles. The van der Waals surface area contributed by atoms with E-state index in [-0.39, 0.29) is 11.8 Å². The molecule has 0 radical (unpaired) electrons. The average Bonchev–Trinajstić information content (AvgIpc) is 3.22. The second-order valence-electron chi connectivity index (χ2n) is 6.57. The number of esters is 1. The normalized spacial score (nSPS) is 11.7. The van der Waals surface area contributed by atoms with E-state index in [1.165, 1.54) is 18.4 Å². The second kappa shape index (κ2) is 9.34. The maximum absolute atomic E-state index is 12.7. The van der Waals surface area contributed by atoms with Gasteiger partial charge < -0.3 is 14.8 Å². The lowest BCUT2D eigenvalue weighted by molar-refractivity contribution is -0.143. The van der Waals surface area contributed by atoms with Gasteiger partial charge in [0.05, 0.1) is 13.2 Å². The molecule has 1 atom stereocenters. The number of benzene rings is 2. The van der Waals surface area contributed by atoms with Crippen LogP contribution in [0.25, 0.3) is 10.6 Å². The largest absolute Gasteiger partial charge is 0.491 e. The smallest absolute Gasteiger partial charge is 0.333 e. The molecular formula is C22H22N2O4S. The van der Waals surface area contributed by atoms with Crippen LogP contribution in [0, 0.1) is 0 Å². The predicted octanol–water partition coefficient (Wildman–Crippen LogP) is 4.24. The molecule has 0 spiro atoms. The van der Waals surface area contributed by atoms with Gasteiger partial charge in [-0.25, -0.2) is 9.78 Å². The number of aromatic nitrogens is 1. The van der Waals surface area contributed by atoms with Crippen LogP contribution in [0.1, 0.15) is 35.9 Å². The van der Waals surface area contributed by atoms with Gasteiger partial charge in [-0.1, -0.05) is 30.3 Å². The number of nitrogens with zero attached hydrogens (tertiary/aromatic N) is 1. The van der Waals surface area contributed by atoms with Crippen LogP contribution >= 0.6 is 11.3 Å². The summed E-state index contributed by atoms with van der Waals surface area (Å²) >= 11 is 1.36. The molecule has 1 unspecified atom stereocenters. The number of carbonyl (C=O) groups excluding carboxylic acids is 2. The maximum Gasteiger partial charge on any atom is 0.333 e. The number of thiazole rings is 1. The molecule has 1 aromatic heterocycles. The minimum absolute atomic E-state index is 0.100. The third-order valence-electron chi connectivity index (χ3n) is 4.06. The molecule has 1 N–H and O–H groups in total. The van der Waals surface area contributed by atoms with Gasteiger partial charge in [-0.2, -0.15) is 0 Å². The Balaban J connectivity index is 1.75. The first kappa shape index (κ1) is 20.5. The molecule has 0 aliphatic carbocycles. The van der Waals surface area contributed by atoms with Crippen molar-refractivity contribution in [3.63, 3.8) is 0 Å². The van der Waals surface area contributed by atoms with Crippen molar-refractivity contribution in [1.82, 2.24) is 10.3 Å². The summed E-state index contributed by atoms with van der Waals surface area (Å²) in [6.45, 7) is 3.94. The van der Waals surface area contributed by atoms with Crippen molar-refractivity contribution in [3.05, 3.63) is 71.2 Å². The Morgan fingerprint density at radius 2 is 1.72 bits per heavy atom. The highest BCUT2D eigenvalue weighted by Gasteiger charge is 2.25. The molecule has 3 aromatic rings. The lowest BCUT2D eigenvalue weighted by atomic mass is 10.1. The number of ether oxygens (including phenoxy) is 2. The monoisotopic (exact) mass is 410 g/mol. The molecule has 7 heteroatoms. The molecule has 0 saturated heterocycles. The van der Waals surface area contributed by atoms with Crippen molar-refractivity contribution >= 4 is 23.2 Å². The summed E-state index contributed by atoms with van der Waals surface area (Å²) in [7, 11) is 1.29. The Bertz CT molecular complexity index is 968. The summed E-state index contributed by atoms with van der Waals surface area (Å²) in [5.41, 5.74) is 1.78. The zero-order chi connectivity index (χ0) is 20.8. The standard InChI is InChI=1S/C22H22N2O4S/c1-14(2)28-17-11-9-16(10-12-17)21-23-18(13-29-21)20(25)24-19(22(26)27-3)15-7-5-4-6-8-15/h4-14,19H,1-3H3,(H,24,25). The first-order chi connectivity index (χ1) is 14.0. The fraction of sp³-hybridized carbons (Fsp3) is 0.227. The zero-order valence-corrected chi connectivity index (χ0v) is 17.2. The number of methoxy groups -OCH3 is 1. The quantitative estimate of drug-likeness (QED) is 0.590. The molecule has 0 aliphatic rings. The fourth-order valence-corrected chi connectivity index (χ4v) is 3.51. The summed E-state index contributed by atoms with van der Waals surface area (Å²) in [5.74, 6) is -0.200. The summed E-state index contributed by atoms with van der Waals surface area (Å²) < 4.78 is 10.5. The van der Waals surface area contributed by atoms with Gasteiger partial charge in [0.1, 0.15) is 16.5 Å². The third-order valence-corrected chi connectivity index (χ3v) is 4.95. The van der Waals surface area contributed by atoms with Crippen LogP contribution in [0.2, 0.25) is 0 Å². The Kier molecular flexibility index (Phi) is 6.61. The first-order valence-electron chi connectivity index (χ1n) is 9.14. The van der Waals surface area contributed by atoms with Crippen LogP contribution in [0.15, 0.2) is 60.0 Å². The maximum atomic E-state index is 12.7. The Hall–Kier alpha value is -3.19. The van der Waals surface area contributed by atoms with Gasteiger partial charge in [0.2, 0.25) is 0 Å². The Morgan fingerprint density at radius 1 is 1.03 bits per heavy atom. The van der Waals surface area contributed by atoms with Gasteiger partial charge in [-0.05, 0) is 43.7 Å². The van der Waals surface area contributed by atoms with E-state index in [4.69, 9.17) is 9.47 Å². The van der Waals surface area contributed by atoms with Gasteiger partial charge in [0, 0.05) is 10.9 Å². The van der Waals surface area contributed by atoms with E-state index < -0.39 is 17.9 Å². The molecule has 0 bridgehead atoms. The molecule has 150 valence electrons. The molecular weight excluding hydrogens is 388 g/mol. The summed E-state index contributed by atoms with van der Waals surface area (Å²) in [5, 5.41) is 5.08. The van der Waals surface area contributed by atoms with Gasteiger partial charge in [0.25, 0.3) is 5.91 Å². The number of carbonyl (C=O) groups is 2. The van der Waals surface area contributed by atoms with Crippen LogP contribution in [-0.2, 0) is 9.53 Å². The molecule has 3 rings (SSSR count). The Labute approximate surface area is 173 Å². The van der Waals surface area contributed by atoms with Crippen molar-refractivity contribution < 1.29 is 19.1 Å². The lowest BCUT2D eigenvalue weighted by Crippen LogP contribution is -2.34. The van der Waals surface area contributed by atoms with Gasteiger partial charge in [-0.3, -0.25) is 4.79 Å². The number of hydrogen-bond donors (Lipinski definition) is 1. The van der Waals surface area contributed by atoms with Crippen molar-refractivity contribution in [1.29, 1.82) is 0 Å². The van der Waals surface area contributed by atoms with Crippen LogP contribution in [0.3, 0.4) is 0 Å². The third kappa shape index (κ3) is 5.20. The van der Waals surface area contributed by atoms with Crippen LogP contribution in [0.5, 0.6) is 5.75 Å². The van der Waals surface area contributed by atoms with E-state index in [9.17, 15) is 9.59 Å². The molecule has 0 saturated carbocycles. The van der Waals surface area contributed by atoms with Crippen LogP contribution in [-0.4, -0.2) is 30.1 Å². The van der Waals surface area contributed by atoms with E-state index in [2.05, 4.69) is 10.3 Å². The van der Waals surface area contributed by atoms with Crippen LogP contribution in [0.4, 0.5) is 0 Å². The van der Waals surface area contributed by atoms with E-state index in [0.29, 0.717) is 10.6 Å². The van der Waals surface area contributed by atoms with E-state index >= 15 is 0 Å². The summed E-state index contributed by atoms with van der Waals surface area (Å²) in [6, 6.07) is 15.6. The van der Waals surface area contributed by atoms with E-state index in [1.807, 2.05) is 44.2 Å². The number of hydrogen-bond acceptors (Lipinski definition) is 6. The highest BCUT2D eigenvalue weighted by molar-refractivity contribution is 7.13. The van der Waals surface area contributed by atoms with Crippen molar-refractivity contribution in [2.75, 3.05) is 7.11 Å². The Morgan fingerprint density at radius 3 is 2.34 bits per heavy atom. The first-order valence-corrected chi connectivity index (χ1v) is 10.0. The molecule has 29 heavy (non-hydrogen) atoms. The molecule has 1 heterocycles. The topological polar surface area (TPSA) is 77.5 Å². The highest BCUT2D eigenvalue weighted by Crippen LogP contribution is 2.26. The van der Waals surface area contributed by atoms with Gasteiger partial charge in [0.15, 0.2) is 6.04 Å². The minimum Gasteiger partial charge on any atom is -0.491 e. The van der Waals surface area contributed by atoms with Gasteiger partial charge in [-0.15, -0.1) is 11.3 Å². The van der Waals surface area contributed by atoms with Crippen LogP contribution < -0.4 is 10.1 Å².